The highest BCUT2D eigenvalue weighted by atomic mass is 16.5. The number of rotatable bonds is 6. The van der Waals surface area contributed by atoms with E-state index in [9.17, 15) is 19.2 Å². The maximum atomic E-state index is 12.6. The number of fused-ring (bicyclic) bond motifs is 1. The SMILES string of the molecule is CCc1ccc(C(=O)COC(=O)C(C)N2C(=O)c3ccc(C)cc3C2=O)cc1. The van der Waals surface area contributed by atoms with Gasteiger partial charge in [0, 0.05) is 5.56 Å². The van der Waals surface area contributed by atoms with Crippen LogP contribution in [0.25, 0.3) is 0 Å². The van der Waals surface area contributed by atoms with Crippen molar-refractivity contribution in [1.29, 1.82) is 0 Å². The van der Waals surface area contributed by atoms with Crippen molar-refractivity contribution in [1.82, 2.24) is 4.90 Å². The Bertz CT molecular complexity index is 961. The summed E-state index contributed by atoms with van der Waals surface area (Å²) >= 11 is 0. The minimum absolute atomic E-state index is 0.266. The van der Waals surface area contributed by atoms with Gasteiger partial charge in [-0.1, -0.05) is 42.8 Å². The van der Waals surface area contributed by atoms with E-state index in [1.54, 1.807) is 30.3 Å². The van der Waals surface area contributed by atoms with Crippen molar-refractivity contribution in [2.75, 3.05) is 6.61 Å². The van der Waals surface area contributed by atoms with Crippen LogP contribution in [0, 0.1) is 6.92 Å². The van der Waals surface area contributed by atoms with Crippen LogP contribution < -0.4 is 0 Å². The fourth-order valence-corrected chi connectivity index (χ4v) is 3.10. The molecule has 0 aromatic heterocycles. The lowest BCUT2D eigenvalue weighted by atomic mass is 10.1. The number of carbonyl (C=O) groups is 4. The molecule has 2 amide bonds. The highest BCUT2D eigenvalue weighted by Gasteiger charge is 2.41. The van der Waals surface area contributed by atoms with E-state index in [0.717, 1.165) is 22.4 Å². The molecule has 2 aromatic carbocycles. The lowest BCUT2D eigenvalue weighted by molar-refractivity contribution is -0.146. The first-order valence-electron chi connectivity index (χ1n) is 9.10. The number of hydrogen-bond donors (Lipinski definition) is 0. The molecule has 0 N–H and O–H groups in total. The van der Waals surface area contributed by atoms with Crippen LogP contribution in [0.3, 0.4) is 0 Å². The number of amides is 2. The molecule has 3 rings (SSSR count). The van der Waals surface area contributed by atoms with Crippen LogP contribution >= 0.6 is 0 Å². The van der Waals surface area contributed by atoms with Crippen molar-refractivity contribution in [2.45, 2.75) is 33.2 Å². The van der Waals surface area contributed by atoms with Gasteiger partial charge in [-0.3, -0.25) is 19.3 Å². The van der Waals surface area contributed by atoms with Gasteiger partial charge < -0.3 is 4.74 Å². The molecule has 0 bridgehead atoms. The minimum atomic E-state index is -1.12. The van der Waals surface area contributed by atoms with Gasteiger partial charge in [0.05, 0.1) is 11.1 Å². The van der Waals surface area contributed by atoms with Crippen molar-refractivity contribution in [3.05, 3.63) is 70.3 Å². The van der Waals surface area contributed by atoms with Gasteiger partial charge in [0.15, 0.2) is 12.4 Å². The third kappa shape index (κ3) is 3.58. The zero-order valence-electron chi connectivity index (χ0n) is 16.0. The molecule has 1 heterocycles. The van der Waals surface area contributed by atoms with E-state index < -0.39 is 30.4 Å². The van der Waals surface area contributed by atoms with Crippen molar-refractivity contribution < 1.29 is 23.9 Å². The van der Waals surface area contributed by atoms with Crippen molar-refractivity contribution in [3.8, 4) is 0 Å². The van der Waals surface area contributed by atoms with Gasteiger partial charge in [-0.05, 0) is 38.0 Å². The summed E-state index contributed by atoms with van der Waals surface area (Å²) in [5, 5.41) is 0. The van der Waals surface area contributed by atoms with Crippen LogP contribution in [-0.4, -0.2) is 41.1 Å². The number of hydrogen-bond acceptors (Lipinski definition) is 5. The normalized spacial score (nSPS) is 14.0. The average molecular weight is 379 g/mol. The molecule has 0 spiro atoms. The summed E-state index contributed by atoms with van der Waals surface area (Å²) in [6.07, 6.45) is 0.862. The Morgan fingerprint density at radius 3 is 2.29 bits per heavy atom. The molecule has 28 heavy (non-hydrogen) atoms. The first kappa shape index (κ1) is 19.5. The Kier molecular flexibility index (Phi) is 5.40. The maximum Gasteiger partial charge on any atom is 0.329 e. The molecule has 0 aliphatic carbocycles. The number of benzene rings is 2. The average Bonchev–Trinajstić information content (AvgIpc) is 2.95. The molecule has 0 saturated carbocycles. The number of esters is 1. The molecule has 1 aliphatic heterocycles. The Balaban J connectivity index is 1.65. The zero-order valence-corrected chi connectivity index (χ0v) is 16.0. The zero-order chi connectivity index (χ0) is 20.4. The van der Waals surface area contributed by atoms with Gasteiger partial charge in [-0.2, -0.15) is 0 Å². The predicted molar refractivity (Wildman–Crippen MR) is 102 cm³/mol. The second-order valence-electron chi connectivity index (χ2n) is 6.79. The molecule has 0 saturated heterocycles. The number of aryl methyl sites for hydroxylation is 2. The predicted octanol–water partition coefficient (Wildman–Crippen LogP) is 2.97. The van der Waals surface area contributed by atoms with Gasteiger partial charge in [-0.25, -0.2) is 4.79 Å². The standard InChI is InChI=1S/C22H21NO5/c1-4-15-6-8-16(9-7-15)19(24)12-28-22(27)14(3)23-20(25)17-10-5-13(2)11-18(17)21(23)26/h5-11,14H,4,12H2,1-3H3. The number of ether oxygens (including phenoxy) is 1. The molecular weight excluding hydrogens is 358 g/mol. The minimum Gasteiger partial charge on any atom is -0.456 e. The summed E-state index contributed by atoms with van der Waals surface area (Å²) in [7, 11) is 0. The van der Waals surface area contributed by atoms with E-state index in [-0.39, 0.29) is 16.9 Å². The second kappa shape index (κ2) is 7.76. The number of imide groups is 1. The largest absolute Gasteiger partial charge is 0.456 e. The smallest absolute Gasteiger partial charge is 0.329 e. The van der Waals surface area contributed by atoms with Crippen LogP contribution in [0.2, 0.25) is 0 Å². The first-order chi connectivity index (χ1) is 13.3. The number of Topliss-reactive ketones (excluding diaryl/α,β-unsaturated/α-hetero) is 1. The third-order valence-corrected chi connectivity index (χ3v) is 4.83. The fourth-order valence-electron chi connectivity index (χ4n) is 3.10. The highest BCUT2D eigenvalue weighted by molar-refractivity contribution is 6.22. The van der Waals surface area contributed by atoms with Crippen molar-refractivity contribution >= 4 is 23.6 Å². The van der Waals surface area contributed by atoms with E-state index in [4.69, 9.17) is 4.74 Å². The Morgan fingerprint density at radius 1 is 1.00 bits per heavy atom. The molecule has 0 fully saturated rings. The molecule has 1 atom stereocenters. The van der Waals surface area contributed by atoms with Crippen LogP contribution in [0.4, 0.5) is 0 Å². The highest BCUT2D eigenvalue weighted by Crippen LogP contribution is 2.26. The molecule has 2 aromatic rings. The van der Waals surface area contributed by atoms with Crippen molar-refractivity contribution in [3.63, 3.8) is 0 Å². The molecule has 6 heteroatoms. The van der Waals surface area contributed by atoms with E-state index in [1.165, 1.54) is 6.92 Å². The summed E-state index contributed by atoms with van der Waals surface area (Å²) < 4.78 is 5.07. The van der Waals surface area contributed by atoms with E-state index in [2.05, 4.69) is 0 Å². The Hall–Kier alpha value is -3.28. The summed E-state index contributed by atoms with van der Waals surface area (Å²) in [6, 6.07) is 10.9. The van der Waals surface area contributed by atoms with Gasteiger partial charge in [0.25, 0.3) is 11.8 Å². The van der Waals surface area contributed by atoms with E-state index >= 15 is 0 Å². The molecule has 1 unspecified atom stereocenters. The summed E-state index contributed by atoms with van der Waals surface area (Å²) in [6.45, 7) is 4.80. The Labute approximate surface area is 163 Å². The van der Waals surface area contributed by atoms with Crippen LogP contribution in [0.15, 0.2) is 42.5 Å². The van der Waals surface area contributed by atoms with Gasteiger partial charge in [0.1, 0.15) is 6.04 Å². The van der Waals surface area contributed by atoms with Gasteiger partial charge >= 0.3 is 5.97 Å². The third-order valence-electron chi connectivity index (χ3n) is 4.83. The lowest BCUT2D eigenvalue weighted by Gasteiger charge is -2.20. The maximum absolute atomic E-state index is 12.6. The Morgan fingerprint density at radius 2 is 1.64 bits per heavy atom. The molecular formula is C22H21NO5. The lowest BCUT2D eigenvalue weighted by Crippen LogP contribution is -2.44. The van der Waals surface area contributed by atoms with Crippen LogP contribution in [0.1, 0.15) is 56.0 Å². The van der Waals surface area contributed by atoms with Crippen LogP contribution in [0.5, 0.6) is 0 Å². The fraction of sp³-hybridized carbons (Fsp3) is 0.273. The van der Waals surface area contributed by atoms with Gasteiger partial charge in [-0.15, -0.1) is 0 Å². The molecule has 6 nitrogen and oxygen atoms in total. The van der Waals surface area contributed by atoms with E-state index in [0.29, 0.717) is 5.56 Å². The number of nitrogens with zero attached hydrogens (tertiary/aromatic N) is 1. The molecule has 1 aliphatic rings. The summed E-state index contributed by atoms with van der Waals surface area (Å²) in [4.78, 5) is 50.5. The van der Waals surface area contributed by atoms with Gasteiger partial charge in [0.2, 0.25) is 0 Å². The topological polar surface area (TPSA) is 80.8 Å². The summed E-state index contributed by atoms with van der Waals surface area (Å²) in [5.74, 6) is -2.22. The summed E-state index contributed by atoms with van der Waals surface area (Å²) in [5.41, 5.74) is 2.92. The molecule has 0 radical (unpaired) electrons. The van der Waals surface area contributed by atoms with Crippen molar-refractivity contribution in [2.24, 2.45) is 0 Å². The number of ketones is 1. The van der Waals surface area contributed by atoms with Crippen LogP contribution in [-0.2, 0) is 16.0 Å². The number of carbonyl (C=O) groups excluding carboxylic acids is 4. The monoisotopic (exact) mass is 379 g/mol. The second-order valence-corrected chi connectivity index (χ2v) is 6.79. The quantitative estimate of drug-likeness (QED) is 0.438. The molecule has 144 valence electrons. The van der Waals surface area contributed by atoms with E-state index in [1.807, 2.05) is 26.0 Å². The first-order valence-corrected chi connectivity index (χ1v) is 9.10.